The summed E-state index contributed by atoms with van der Waals surface area (Å²) in [6, 6.07) is 0. The van der Waals surface area contributed by atoms with Crippen LogP contribution >= 0.6 is 0 Å². The maximum absolute atomic E-state index is 10.7. The van der Waals surface area contributed by atoms with Crippen LogP contribution in [-0.2, 0) is 29.3 Å². The molecule has 0 aliphatic heterocycles. The van der Waals surface area contributed by atoms with Gasteiger partial charge in [0.1, 0.15) is 0 Å². The minimum Gasteiger partial charge on any atom is -0.334 e. The predicted octanol–water partition coefficient (Wildman–Crippen LogP) is 3.10. The van der Waals surface area contributed by atoms with E-state index in [0.717, 1.165) is 6.26 Å². The number of hydrogen-bond donors (Lipinski definition) is 0. The summed E-state index contributed by atoms with van der Waals surface area (Å²) in [5.41, 5.74) is 5.16. The van der Waals surface area contributed by atoms with Gasteiger partial charge in [0.2, 0.25) is 10.3 Å². The molecule has 0 bridgehead atoms. The van der Waals surface area contributed by atoms with E-state index in [1.165, 1.54) is 12.8 Å². The standard InChI is InChI=1S/C8H14O6S2.C8H16/c1-7(4-13-6-15(9)10)8(2)5-14-16(3,11)12;1-5-7(3)8(4)6-2/h6H,4-5H2,1-3H3;5-6H2,1-4H3/b2*8-7-. The van der Waals surface area contributed by atoms with Crippen LogP contribution in [0.15, 0.2) is 22.3 Å². The van der Waals surface area contributed by atoms with E-state index >= 15 is 0 Å². The van der Waals surface area contributed by atoms with Crippen LogP contribution < -0.4 is 0 Å². The van der Waals surface area contributed by atoms with Crippen molar-refractivity contribution in [1.29, 1.82) is 0 Å². The minimum absolute atomic E-state index is 0.0610. The van der Waals surface area contributed by atoms with E-state index in [-0.39, 0.29) is 13.2 Å². The molecule has 0 atom stereocenters. The number of rotatable bonds is 8. The Morgan fingerprint density at radius 2 is 1.29 bits per heavy atom. The van der Waals surface area contributed by atoms with Gasteiger partial charge in [-0.25, -0.2) is 0 Å². The molecule has 0 heterocycles. The topological polar surface area (TPSA) is 86.7 Å². The van der Waals surface area contributed by atoms with Crippen LogP contribution in [0.5, 0.6) is 0 Å². The molecule has 0 aliphatic rings. The van der Waals surface area contributed by atoms with E-state index in [1.54, 1.807) is 25.0 Å². The molecule has 24 heavy (non-hydrogen) atoms. The maximum atomic E-state index is 10.7. The van der Waals surface area contributed by atoms with E-state index in [2.05, 4.69) is 31.9 Å². The second kappa shape index (κ2) is 13.3. The van der Waals surface area contributed by atoms with Crippen LogP contribution in [-0.4, -0.2) is 41.9 Å². The lowest BCUT2D eigenvalue weighted by molar-refractivity contribution is 0.339. The first kappa shape index (κ1) is 25.3. The van der Waals surface area contributed by atoms with Crippen molar-refractivity contribution in [3.63, 3.8) is 0 Å². The third kappa shape index (κ3) is 15.9. The van der Waals surface area contributed by atoms with Gasteiger partial charge in [0.05, 0.1) is 19.5 Å². The van der Waals surface area contributed by atoms with Crippen LogP contribution in [0.1, 0.15) is 54.4 Å². The third-order valence-electron chi connectivity index (χ3n) is 3.45. The lowest BCUT2D eigenvalue weighted by Gasteiger charge is -2.06. The van der Waals surface area contributed by atoms with E-state index in [9.17, 15) is 16.8 Å². The lowest BCUT2D eigenvalue weighted by Crippen LogP contribution is -2.07. The van der Waals surface area contributed by atoms with Crippen molar-refractivity contribution >= 4 is 26.0 Å². The normalized spacial score (nSPS) is 13.3. The summed E-state index contributed by atoms with van der Waals surface area (Å²) in [6.07, 6.45) is 3.37. The quantitative estimate of drug-likeness (QED) is 0.364. The van der Waals surface area contributed by atoms with E-state index in [0.29, 0.717) is 16.7 Å². The molecule has 0 aliphatic carbocycles. The Balaban J connectivity index is 0. The fourth-order valence-corrected chi connectivity index (χ4v) is 1.83. The average Bonchev–Trinajstić information content (AvgIpc) is 2.50. The molecule has 0 saturated carbocycles. The fraction of sp³-hybridized carbons (Fsp3) is 0.688. The fourth-order valence-electron chi connectivity index (χ4n) is 1.26. The Kier molecular flexibility index (Phi) is 14.1. The summed E-state index contributed by atoms with van der Waals surface area (Å²) < 4.78 is 50.9. The molecule has 0 aromatic carbocycles. The zero-order chi connectivity index (χ0) is 19.3. The molecule has 0 aromatic heterocycles. The molecule has 0 fully saturated rings. The van der Waals surface area contributed by atoms with E-state index in [4.69, 9.17) is 4.74 Å². The number of ether oxygens (including phenoxy) is 1. The summed E-state index contributed by atoms with van der Waals surface area (Å²) >= 11 is 0. The van der Waals surface area contributed by atoms with Gasteiger partial charge in [-0.05, 0) is 51.7 Å². The highest BCUT2D eigenvalue weighted by molar-refractivity contribution is 7.86. The zero-order valence-corrected chi connectivity index (χ0v) is 17.3. The largest absolute Gasteiger partial charge is 0.334 e. The summed E-state index contributed by atoms with van der Waals surface area (Å²) in [5.74, 6) is 0. The molecule has 0 aromatic rings. The molecule has 0 rings (SSSR count). The summed E-state index contributed by atoms with van der Waals surface area (Å²) in [5, 5.41) is 0. The highest BCUT2D eigenvalue weighted by Crippen LogP contribution is 2.09. The molecule has 0 spiro atoms. The molecule has 0 amide bonds. The van der Waals surface area contributed by atoms with Crippen LogP contribution in [0, 0.1) is 0 Å². The van der Waals surface area contributed by atoms with Crippen LogP contribution in [0.2, 0.25) is 0 Å². The Morgan fingerprint density at radius 1 is 0.875 bits per heavy atom. The minimum atomic E-state index is -3.47. The molecule has 6 nitrogen and oxygen atoms in total. The molecule has 0 radical (unpaired) electrons. The van der Waals surface area contributed by atoms with Crippen molar-refractivity contribution < 1.29 is 25.8 Å². The third-order valence-corrected chi connectivity index (χ3v) is 4.29. The summed E-state index contributed by atoms with van der Waals surface area (Å²) in [7, 11) is -5.83. The van der Waals surface area contributed by atoms with Gasteiger partial charge in [-0.1, -0.05) is 25.0 Å². The molecule has 0 N–H and O–H groups in total. The first-order chi connectivity index (χ1) is 10.9. The van der Waals surface area contributed by atoms with E-state index in [1.807, 2.05) is 0 Å². The first-order valence-corrected chi connectivity index (χ1v) is 10.6. The molecule has 142 valence electrons. The van der Waals surface area contributed by atoms with Crippen molar-refractivity contribution in [2.75, 3.05) is 19.5 Å². The van der Waals surface area contributed by atoms with E-state index < -0.39 is 20.4 Å². The monoisotopic (exact) mass is 382 g/mol. The van der Waals surface area contributed by atoms with Crippen molar-refractivity contribution in [1.82, 2.24) is 0 Å². The number of allylic oxidation sites excluding steroid dienone is 2. The van der Waals surface area contributed by atoms with Crippen molar-refractivity contribution in [2.24, 2.45) is 0 Å². The second-order valence-corrected chi connectivity index (χ2v) is 7.82. The zero-order valence-electron chi connectivity index (χ0n) is 15.7. The summed E-state index contributed by atoms with van der Waals surface area (Å²) in [4.78, 5) is 0. The second-order valence-electron chi connectivity index (χ2n) is 5.46. The van der Waals surface area contributed by atoms with Gasteiger partial charge in [-0.3, -0.25) is 4.18 Å². The van der Waals surface area contributed by atoms with Crippen molar-refractivity contribution in [2.45, 2.75) is 54.4 Å². The molecule has 0 unspecified atom stereocenters. The van der Waals surface area contributed by atoms with Gasteiger partial charge in [0, 0.05) is 0 Å². The highest BCUT2D eigenvalue weighted by Gasteiger charge is 2.04. The number of hydrogen-bond acceptors (Lipinski definition) is 6. The Bertz CT molecular complexity index is 647. The van der Waals surface area contributed by atoms with Gasteiger partial charge in [-0.2, -0.15) is 16.8 Å². The molecule has 8 heteroatoms. The van der Waals surface area contributed by atoms with Crippen LogP contribution in [0.3, 0.4) is 0 Å². The Hall–Kier alpha value is -0.960. The van der Waals surface area contributed by atoms with Gasteiger partial charge >= 0.3 is 0 Å². The Labute approximate surface area is 148 Å². The smallest absolute Gasteiger partial charge is 0.264 e. The highest BCUT2D eigenvalue weighted by atomic mass is 32.2. The molecule has 0 saturated heterocycles. The maximum Gasteiger partial charge on any atom is 0.264 e. The SMILES string of the molecule is C/C(COC=S(=O)=O)=C(\C)COS(C)(=O)=O.CC/C(C)=C(/C)CC. The van der Waals surface area contributed by atoms with Gasteiger partial charge in [0.15, 0.2) is 5.55 Å². The van der Waals surface area contributed by atoms with Crippen molar-refractivity contribution in [3.05, 3.63) is 22.3 Å². The Morgan fingerprint density at radius 3 is 1.62 bits per heavy atom. The van der Waals surface area contributed by atoms with Gasteiger partial charge in [0.25, 0.3) is 10.1 Å². The predicted molar refractivity (Wildman–Crippen MR) is 99.1 cm³/mol. The first-order valence-electron chi connectivity index (χ1n) is 7.62. The van der Waals surface area contributed by atoms with Gasteiger partial charge in [-0.15, -0.1) is 0 Å². The lowest BCUT2D eigenvalue weighted by atomic mass is 10.1. The molecular formula is C16H30O6S2. The average molecular weight is 383 g/mol. The van der Waals surface area contributed by atoms with Crippen LogP contribution in [0.4, 0.5) is 0 Å². The van der Waals surface area contributed by atoms with Gasteiger partial charge < -0.3 is 4.74 Å². The summed E-state index contributed by atoms with van der Waals surface area (Å²) in [6.45, 7) is 12.2. The van der Waals surface area contributed by atoms with Crippen LogP contribution in [0.25, 0.3) is 0 Å². The van der Waals surface area contributed by atoms with Crippen molar-refractivity contribution in [3.8, 4) is 0 Å². The molecular weight excluding hydrogens is 352 g/mol.